The molecule has 0 aromatic heterocycles. The van der Waals surface area contributed by atoms with Gasteiger partial charge in [-0.3, -0.25) is 8.57 Å². The minimum Gasteiger partial charge on any atom is -0.378 e. The Morgan fingerprint density at radius 2 is 0.949 bits per heavy atom. The largest absolute Gasteiger partial charge is 0.433 e. The average Bonchev–Trinajstić information content (AvgIpc) is 2.77. The Labute approximate surface area is 223 Å². The van der Waals surface area contributed by atoms with Gasteiger partial charge in [-0.1, -0.05) is 10.3 Å². The molecule has 2 aliphatic rings. The predicted molar refractivity (Wildman–Crippen MR) is 127 cm³/mol. The highest BCUT2D eigenvalue weighted by Gasteiger charge is 2.44. The second-order valence-corrected chi connectivity index (χ2v) is 12.7. The summed E-state index contributed by atoms with van der Waals surface area (Å²) in [5.74, 6) is -2.02. The molecule has 2 rings (SSSR count). The molecule has 0 bridgehead atoms. The quantitative estimate of drug-likeness (QED) is 0.137. The Kier molecular flexibility index (Phi) is 11.9. The summed E-state index contributed by atoms with van der Waals surface area (Å²) >= 11 is 0. The fourth-order valence-electron chi connectivity index (χ4n) is 4.50. The zero-order valence-electron chi connectivity index (χ0n) is 21.3. The highest BCUT2D eigenvalue weighted by molar-refractivity contribution is 7.86. The lowest BCUT2D eigenvalue weighted by atomic mass is 9.84. The summed E-state index contributed by atoms with van der Waals surface area (Å²) in [6, 6.07) is 0. The molecular formula is C21H32F6N2O8S2. The summed E-state index contributed by atoms with van der Waals surface area (Å²) in [6.07, 6.45) is -6.93. The zero-order valence-corrected chi connectivity index (χ0v) is 23.0. The van der Waals surface area contributed by atoms with Gasteiger partial charge in [0.05, 0.1) is 24.7 Å². The van der Waals surface area contributed by atoms with Crippen molar-refractivity contribution in [1.29, 1.82) is 0 Å². The first-order valence-electron chi connectivity index (χ1n) is 12.2. The number of ether oxygens (including phenoxy) is 2. The molecule has 18 heteroatoms. The van der Waals surface area contributed by atoms with Crippen molar-refractivity contribution in [3.05, 3.63) is 0 Å². The van der Waals surface area contributed by atoms with Crippen LogP contribution in [0.4, 0.5) is 26.3 Å². The minimum atomic E-state index is -4.83. The topological polar surface area (TPSA) is 130 Å². The van der Waals surface area contributed by atoms with Crippen LogP contribution in [0.25, 0.3) is 0 Å². The van der Waals surface area contributed by atoms with Gasteiger partial charge in [0.2, 0.25) is 0 Å². The minimum absolute atomic E-state index is 0.0916. The second kappa shape index (κ2) is 13.8. The van der Waals surface area contributed by atoms with E-state index < -0.39 is 55.8 Å². The molecule has 39 heavy (non-hydrogen) atoms. The molecule has 0 aromatic carbocycles. The van der Waals surface area contributed by atoms with Crippen molar-refractivity contribution in [2.45, 2.75) is 82.3 Å². The fourth-order valence-corrected chi connectivity index (χ4v) is 4.93. The Balaban J connectivity index is 1.70. The molecule has 0 heterocycles. The molecule has 0 aromatic rings. The Morgan fingerprint density at radius 3 is 1.21 bits per heavy atom. The van der Waals surface area contributed by atoms with Gasteiger partial charge in [0.1, 0.15) is 0 Å². The molecule has 0 N–H and O–H groups in total. The SMILES string of the molecule is CS(=O)(=O)O/N=C(/C1CCC(OCCCOC2CCC(/C(=N/OS(C)(=O)=O)C(F)(F)F)CC2)CC1)C(F)(F)F. The van der Waals surface area contributed by atoms with Crippen LogP contribution in [0.3, 0.4) is 0 Å². The average molecular weight is 619 g/mol. The van der Waals surface area contributed by atoms with Gasteiger partial charge in [-0.05, 0) is 57.8 Å². The highest BCUT2D eigenvalue weighted by Crippen LogP contribution is 2.35. The first-order chi connectivity index (χ1) is 17.9. The van der Waals surface area contributed by atoms with Crippen molar-refractivity contribution < 1.29 is 61.2 Å². The predicted octanol–water partition coefficient (Wildman–Crippen LogP) is 4.32. The van der Waals surface area contributed by atoms with Gasteiger partial charge in [-0.2, -0.15) is 43.2 Å². The molecule has 0 spiro atoms. The molecule has 0 unspecified atom stereocenters. The standard InChI is InChI=1S/C21H32F6N2O8S2/c1-38(30,31)36-28-18(20(22,23)24)14-4-8-16(9-5-14)34-12-3-13-35-17-10-6-15(7-11-17)19(21(25,26)27)29-37-39(2,32)33/h14-17H,3-13H2,1-2H3/b28-18-,29-19-. The molecule has 2 aliphatic carbocycles. The van der Waals surface area contributed by atoms with Crippen molar-refractivity contribution in [2.24, 2.45) is 22.1 Å². The van der Waals surface area contributed by atoms with Crippen LogP contribution in [0, 0.1) is 11.8 Å². The van der Waals surface area contributed by atoms with E-state index in [-0.39, 0.29) is 51.1 Å². The zero-order chi connectivity index (χ0) is 29.5. The maximum absolute atomic E-state index is 13.3. The number of hydrogen-bond acceptors (Lipinski definition) is 10. The van der Waals surface area contributed by atoms with Crippen LogP contribution in [0.1, 0.15) is 57.8 Å². The van der Waals surface area contributed by atoms with Crippen molar-refractivity contribution in [3.63, 3.8) is 0 Å². The number of hydrogen-bond donors (Lipinski definition) is 0. The van der Waals surface area contributed by atoms with Gasteiger partial charge in [-0.15, -0.1) is 0 Å². The van der Waals surface area contributed by atoms with E-state index in [1.54, 1.807) is 0 Å². The lowest BCUT2D eigenvalue weighted by Gasteiger charge is -2.30. The number of rotatable bonds is 12. The Hall–Kier alpha value is -1.66. The maximum Gasteiger partial charge on any atom is 0.433 e. The molecule has 2 fully saturated rings. The van der Waals surface area contributed by atoms with Crippen molar-refractivity contribution >= 4 is 31.7 Å². The van der Waals surface area contributed by atoms with Gasteiger partial charge in [-0.25, -0.2) is 0 Å². The van der Waals surface area contributed by atoms with E-state index in [0.717, 1.165) is 0 Å². The van der Waals surface area contributed by atoms with Gasteiger partial charge >= 0.3 is 32.6 Å². The molecule has 0 saturated heterocycles. The van der Waals surface area contributed by atoms with Crippen LogP contribution < -0.4 is 0 Å². The summed E-state index contributed by atoms with van der Waals surface area (Å²) in [7, 11) is -8.35. The summed E-state index contributed by atoms with van der Waals surface area (Å²) < 4.78 is 143. The van der Waals surface area contributed by atoms with E-state index >= 15 is 0 Å². The van der Waals surface area contributed by atoms with Crippen LogP contribution in [0.5, 0.6) is 0 Å². The summed E-state index contributed by atoms with van der Waals surface area (Å²) in [5.41, 5.74) is -2.54. The third-order valence-corrected chi connectivity index (χ3v) is 6.93. The first kappa shape index (κ1) is 33.5. The monoisotopic (exact) mass is 618 g/mol. The lowest BCUT2D eigenvalue weighted by molar-refractivity contribution is -0.0676. The Bertz CT molecular complexity index is 977. The molecule has 0 atom stereocenters. The van der Waals surface area contributed by atoms with Crippen LogP contribution in [-0.2, 0) is 38.3 Å². The van der Waals surface area contributed by atoms with Crippen molar-refractivity contribution in [3.8, 4) is 0 Å². The van der Waals surface area contributed by atoms with Crippen molar-refractivity contribution in [1.82, 2.24) is 0 Å². The molecule has 228 valence electrons. The summed E-state index contributed by atoms with van der Waals surface area (Å²) in [4.78, 5) is 0. The third-order valence-electron chi connectivity index (χ3n) is 6.24. The molecule has 2 saturated carbocycles. The van der Waals surface area contributed by atoms with Crippen LogP contribution in [0.2, 0.25) is 0 Å². The van der Waals surface area contributed by atoms with Gasteiger partial charge in [0, 0.05) is 25.0 Å². The number of nitrogens with zero attached hydrogens (tertiary/aromatic N) is 2. The van der Waals surface area contributed by atoms with E-state index in [2.05, 4.69) is 18.9 Å². The molecule has 0 aliphatic heterocycles. The van der Waals surface area contributed by atoms with Crippen molar-refractivity contribution in [2.75, 3.05) is 25.7 Å². The number of oxime groups is 2. The van der Waals surface area contributed by atoms with E-state index in [1.165, 1.54) is 0 Å². The highest BCUT2D eigenvalue weighted by atomic mass is 32.2. The number of halogens is 6. The maximum atomic E-state index is 13.3. The molecule has 0 amide bonds. The van der Waals surface area contributed by atoms with Gasteiger partial charge < -0.3 is 9.47 Å². The third kappa shape index (κ3) is 12.6. The van der Waals surface area contributed by atoms with E-state index in [1.807, 2.05) is 0 Å². The summed E-state index contributed by atoms with van der Waals surface area (Å²) in [6.45, 7) is 0.547. The smallest absolute Gasteiger partial charge is 0.378 e. The molecule has 0 radical (unpaired) electrons. The Morgan fingerprint density at radius 1 is 0.641 bits per heavy atom. The van der Waals surface area contributed by atoms with Crippen LogP contribution in [-0.4, -0.2) is 78.5 Å². The lowest BCUT2D eigenvalue weighted by Crippen LogP contribution is -2.35. The van der Waals surface area contributed by atoms with E-state index in [9.17, 15) is 43.2 Å². The van der Waals surface area contributed by atoms with Gasteiger partial charge in [0.15, 0.2) is 11.4 Å². The van der Waals surface area contributed by atoms with Gasteiger partial charge in [0.25, 0.3) is 0 Å². The normalized spacial score (nSPS) is 26.4. The first-order valence-corrected chi connectivity index (χ1v) is 15.8. The number of alkyl halides is 6. The second-order valence-electron chi connectivity index (χ2n) is 9.55. The van der Waals surface area contributed by atoms with Crippen LogP contribution >= 0.6 is 0 Å². The molecular weight excluding hydrogens is 586 g/mol. The summed E-state index contributed by atoms with van der Waals surface area (Å²) in [5, 5.41) is 5.69. The fraction of sp³-hybridized carbons (Fsp3) is 0.905. The van der Waals surface area contributed by atoms with Crippen LogP contribution in [0.15, 0.2) is 10.3 Å². The molecule has 10 nitrogen and oxygen atoms in total. The van der Waals surface area contributed by atoms with E-state index in [0.29, 0.717) is 44.6 Å². The van der Waals surface area contributed by atoms with E-state index in [4.69, 9.17) is 9.47 Å².